The number of halogens is 1. The van der Waals surface area contributed by atoms with Crippen LogP contribution in [0.4, 0.5) is 5.69 Å². The molecule has 0 bridgehead atoms. The van der Waals surface area contributed by atoms with E-state index in [1.54, 1.807) is 0 Å². The van der Waals surface area contributed by atoms with Crippen LogP contribution in [0.1, 0.15) is 33.6 Å². The third kappa shape index (κ3) is 4.63. The Morgan fingerprint density at radius 1 is 1.20 bits per heavy atom. The van der Waals surface area contributed by atoms with Crippen LogP contribution < -0.4 is 10.6 Å². The molecule has 0 fully saturated rings. The number of fused-ring (bicyclic) bond motifs is 1. The second kappa shape index (κ2) is 8.84. The molecule has 0 amide bonds. The molecule has 0 aliphatic heterocycles. The molecule has 0 aliphatic rings. The minimum absolute atomic E-state index is 0.151. The maximum atomic E-state index is 9.93. The predicted octanol–water partition coefficient (Wildman–Crippen LogP) is 5.21. The van der Waals surface area contributed by atoms with Crippen molar-refractivity contribution >= 4 is 45.4 Å². The smallest absolute Gasteiger partial charge is 0.170 e. The Morgan fingerprint density at radius 2 is 1.88 bits per heavy atom. The highest BCUT2D eigenvalue weighted by Crippen LogP contribution is 2.32. The van der Waals surface area contributed by atoms with E-state index in [1.807, 2.05) is 36.4 Å². The maximum Gasteiger partial charge on any atom is 0.170 e. The van der Waals surface area contributed by atoms with Crippen LogP contribution in [-0.2, 0) is 0 Å². The van der Waals surface area contributed by atoms with E-state index in [0.29, 0.717) is 17.6 Å². The lowest BCUT2D eigenvalue weighted by atomic mass is 9.74. The zero-order valence-electron chi connectivity index (χ0n) is 15.1. The highest BCUT2D eigenvalue weighted by molar-refractivity contribution is 7.80. The lowest BCUT2D eigenvalue weighted by Crippen LogP contribution is -2.44. The van der Waals surface area contributed by atoms with Crippen molar-refractivity contribution in [3.63, 3.8) is 0 Å². The summed E-state index contributed by atoms with van der Waals surface area (Å²) in [6, 6.07) is 11.8. The van der Waals surface area contributed by atoms with Crippen molar-refractivity contribution in [1.82, 2.24) is 5.32 Å². The minimum Gasteiger partial charge on any atom is -0.396 e. The summed E-state index contributed by atoms with van der Waals surface area (Å²) < 4.78 is 0. The number of aliphatic hydroxyl groups is 1. The van der Waals surface area contributed by atoms with Crippen LogP contribution in [0.15, 0.2) is 36.4 Å². The molecule has 0 spiro atoms. The number of thiocarbonyl (C=S) groups is 1. The summed E-state index contributed by atoms with van der Waals surface area (Å²) in [5, 5.41) is 19.8. The first kappa shape index (κ1) is 20.0. The molecule has 1 atom stereocenters. The first-order valence-corrected chi connectivity index (χ1v) is 9.55. The highest BCUT2D eigenvalue weighted by Gasteiger charge is 2.32. The van der Waals surface area contributed by atoms with Gasteiger partial charge in [0.05, 0.1) is 6.61 Å². The molecule has 136 valence electrons. The Bertz CT molecular complexity index is 735. The molecule has 0 saturated carbocycles. The fourth-order valence-electron chi connectivity index (χ4n) is 3.19. The monoisotopic (exact) mass is 378 g/mol. The van der Waals surface area contributed by atoms with Crippen LogP contribution in [0.2, 0.25) is 5.02 Å². The van der Waals surface area contributed by atoms with Gasteiger partial charge >= 0.3 is 0 Å². The number of aliphatic hydroxyl groups excluding tert-OH is 1. The van der Waals surface area contributed by atoms with Gasteiger partial charge in [-0.2, -0.15) is 0 Å². The molecular formula is C20H27ClN2OS. The zero-order valence-corrected chi connectivity index (χ0v) is 16.7. The van der Waals surface area contributed by atoms with Crippen molar-refractivity contribution in [2.75, 3.05) is 18.5 Å². The van der Waals surface area contributed by atoms with Gasteiger partial charge in [0.2, 0.25) is 0 Å². The number of hydrogen-bond donors (Lipinski definition) is 3. The second-order valence-corrected chi connectivity index (χ2v) is 7.69. The average Bonchev–Trinajstić information content (AvgIpc) is 2.61. The van der Waals surface area contributed by atoms with E-state index in [9.17, 15) is 5.11 Å². The Kier molecular flexibility index (Phi) is 7.05. The Hall–Kier alpha value is -1.36. The van der Waals surface area contributed by atoms with Crippen LogP contribution in [0, 0.1) is 11.3 Å². The van der Waals surface area contributed by atoms with Gasteiger partial charge in [-0.05, 0) is 36.7 Å². The molecule has 0 saturated heterocycles. The first-order valence-electron chi connectivity index (χ1n) is 8.76. The molecule has 0 aliphatic carbocycles. The van der Waals surface area contributed by atoms with Crippen molar-refractivity contribution in [3.8, 4) is 0 Å². The van der Waals surface area contributed by atoms with Crippen LogP contribution in [0.25, 0.3) is 10.8 Å². The van der Waals surface area contributed by atoms with Crippen molar-refractivity contribution in [2.45, 2.75) is 33.6 Å². The van der Waals surface area contributed by atoms with E-state index in [1.165, 1.54) is 0 Å². The molecule has 25 heavy (non-hydrogen) atoms. The molecule has 3 nitrogen and oxygen atoms in total. The number of benzene rings is 2. The summed E-state index contributed by atoms with van der Waals surface area (Å²) in [6.45, 7) is 7.24. The van der Waals surface area contributed by atoms with Crippen LogP contribution in [0.3, 0.4) is 0 Å². The van der Waals surface area contributed by atoms with Gasteiger partial charge in [0.25, 0.3) is 0 Å². The third-order valence-electron chi connectivity index (χ3n) is 5.01. The molecule has 2 rings (SSSR count). The molecule has 0 radical (unpaired) electrons. The van der Waals surface area contributed by atoms with Crippen molar-refractivity contribution in [3.05, 3.63) is 41.4 Å². The fraction of sp³-hybridized carbons (Fsp3) is 0.450. The summed E-state index contributed by atoms with van der Waals surface area (Å²) in [7, 11) is 0. The maximum absolute atomic E-state index is 9.93. The van der Waals surface area contributed by atoms with Crippen LogP contribution in [0.5, 0.6) is 0 Å². The topological polar surface area (TPSA) is 44.3 Å². The normalized spacial score (nSPS) is 13.7. The van der Waals surface area contributed by atoms with Gasteiger partial charge in [-0.15, -0.1) is 0 Å². The lowest BCUT2D eigenvalue weighted by molar-refractivity contribution is 0.0700. The molecule has 5 heteroatoms. The van der Waals surface area contributed by atoms with Crippen molar-refractivity contribution in [2.24, 2.45) is 11.3 Å². The van der Waals surface area contributed by atoms with Gasteiger partial charge in [-0.1, -0.05) is 63.1 Å². The molecule has 2 aromatic carbocycles. The van der Waals surface area contributed by atoms with Gasteiger partial charge in [0.15, 0.2) is 5.11 Å². The fourth-order valence-corrected chi connectivity index (χ4v) is 3.60. The molecule has 2 aromatic rings. The highest BCUT2D eigenvalue weighted by atomic mass is 35.5. The largest absolute Gasteiger partial charge is 0.396 e. The number of anilines is 1. The van der Waals surface area contributed by atoms with Crippen molar-refractivity contribution in [1.29, 1.82) is 0 Å². The summed E-state index contributed by atoms with van der Waals surface area (Å²) in [6.07, 6.45) is 1.99. The Labute approximate surface area is 160 Å². The standard InChI is InChI=1S/C20H27ClN2OS/c1-4-11-20(13-24,14(2)3)12-22-19(25)23-18-10-9-17(21)15-7-5-6-8-16(15)18/h5-10,14,24H,4,11-13H2,1-3H3,(H2,22,23,25)/t20-/m0/s1. The van der Waals surface area contributed by atoms with E-state index < -0.39 is 0 Å². The second-order valence-electron chi connectivity index (χ2n) is 6.87. The first-order chi connectivity index (χ1) is 11.9. The van der Waals surface area contributed by atoms with Crippen LogP contribution in [-0.4, -0.2) is 23.4 Å². The SMILES string of the molecule is CCC[C@@](CO)(CNC(=S)Nc1ccc(Cl)c2ccccc12)C(C)C. The summed E-state index contributed by atoms with van der Waals surface area (Å²) in [5.74, 6) is 0.365. The van der Waals surface area contributed by atoms with Crippen molar-refractivity contribution < 1.29 is 5.11 Å². The summed E-state index contributed by atoms with van der Waals surface area (Å²) in [4.78, 5) is 0. The minimum atomic E-state index is -0.164. The van der Waals surface area contributed by atoms with E-state index in [2.05, 4.69) is 31.4 Å². The molecule has 0 unspecified atom stereocenters. The van der Waals surface area contributed by atoms with Crippen LogP contribution >= 0.6 is 23.8 Å². The number of nitrogens with one attached hydrogen (secondary N) is 2. The Morgan fingerprint density at radius 3 is 2.48 bits per heavy atom. The third-order valence-corrected chi connectivity index (χ3v) is 5.58. The number of rotatable bonds is 7. The van der Waals surface area contributed by atoms with Gasteiger partial charge < -0.3 is 15.7 Å². The molecule has 0 heterocycles. The molecular weight excluding hydrogens is 352 g/mol. The van der Waals surface area contributed by atoms with E-state index in [-0.39, 0.29) is 12.0 Å². The van der Waals surface area contributed by atoms with Gasteiger partial charge in [0.1, 0.15) is 0 Å². The van der Waals surface area contributed by atoms with E-state index in [4.69, 9.17) is 23.8 Å². The Balaban J connectivity index is 2.12. The summed E-state index contributed by atoms with van der Waals surface area (Å²) in [5.41, 5.74) is 0.759. The molecule has 0 aromatic heterocycles. The van der Waals surface area contributed by atoms with Gasteiger partial charge in [-0.25, -0.2) is 0 Å². The zero-order chi connectivity index (χ0) is 18.4. The number of hydrogen-bond acceptors (Lipinski definition) is 2. The summed E-state index contributed by atoms with van der Waals surface area (Å²) >= 11 is 11.8. The quantitative estimate of drug-likeness (QED) is 0.578. The average molecular weight is 379 g/mol. The van der Waals surface area contributed by atoms with E-state index in [0.717, 1.165) is 34.3 Å². The molecule has 3 N–H and O–H groups in total. The lowest BCUT2D eigenvalue weighted by Gasteiger charge is -2.36. The van der Waals surface area contributed by atoms with E-state index >= 15 is 0 Å². The predicted molar refractivity (Wildman–Crippen MR) is 112 cm³/mol. The van der Waals surface area contributed by atoms with Gasteiger partial charge in [0, 0.05) is 33.4 Å². The van der Waals surface area contributed by atoms with Gasteiger partial charge in [-0.3, -0.25) is 0 Å².